The fourth-order valence-corrected chi connectivity index (χ4v) is 4.58. The first-order chi connectivity index (χ1) is 18.5. The molecular weight excluding hydrogens is 478 g/mol. The van der Waals surface area contributed by atoms with Gasteiger partial charge >= 0.3 is 0 Å². The first-order valence-corrected chi connectivity index (χ1v) is 13.2. The molecular formula is C31H37N3O4. The van der Waals surface area contributed by atoms with Crippen LogP contribution in [0.25, 0.3) is 11.0 Å². The third kappa shape index (κ3) is 6.46. The highest BCUT2D eigenvalue weighted by molar-refractivity contribution is 5.94. The summed E-state index contributed by atoms with van der Waals surface area (Å²) in [4.78, 5) is 17.6. The maximum Gasteiger partial charge on any atom is 0.251 e. The van der Waals surface area contributed by atoms with E-state index < -0.39 is 0 Å². The van der Waals surface area contributed by atoms with Gasteiger partial charge in [0.25, 0.3) is 5.91 Å². The molecule has 1 aromatic heterocycles. The topological polar surface area (TPSA) is 74.6 Å². The summed E-state index contributed by atoms with van der Waals surface area (Å²) >= 11 is 0. The Morgan fingerprint density at radius 2 is 1.68 bits per heavy atom. The minimum Gasteiger partial charge on any atom is -0.493 e. The molecule has 0 saturated carbocycles. The quantitative estimate of drug-likeness (QED) is 0.221. The average Bonchev–Trinajstić information content (AvgIpc) is 3.29. The fraction of sp³-hybridized carbons (Fsp3) is 0.355. The number of ether oxygens (including phenoxy) is 3. The molecule has 1 heterocycles. The van der Waals surface area contributed by atoms with Crippen LogP contribution in [-0.2, 0) is 13.0 Å². The Morgan fingerprint density at radius 1 is 0.921 bits per heavy atom. The second-order valence-corrected chi connectivity index (χ2v) is 9.49. The molecule has 3 aromatic carbocycles. The van der Waals surface area contributed by atoms with Crippen molar-refractivity contribution < 1.29 is 19.0 Å². The van der Waals surface area contributed by atoms with Crippen LogP contribution in [0.3, 0.4) is 0 Å². The van der Waals surface area contributed by atoms with Gasteiger partial charge in [-0.15, -0.1) is 0 Å². The van der Waals surface area contributed by atoms with E-state index in [0.717, 1.165) is 42.0 Å². The Bertz CT molecular complexity index is 1360. The fourth-order valence-electron chi connectivity index (χ4n) is 4.58. The number of aryl methyl sites for hydroxylation is 1. The van der Waals surface area contributed by atoms with Crippen molar-refractivity contribution in [2.75, 3.05) is 27.4 Å². The molecule has 0 fully saturated rings. The van der Waals surface area contributed by atoms with Crippen molar-refractivity contribution in [3.63, 3.8) is 0 Å². The van der Waals surface area contributed by atoms with E-state index in [9.17, 15) is 4.79 Å². The molecule has 4 rings (SSSR count). The largest absolute Gasteiger partial charge is 0.493 e. The summed E-state index contributed by atoms with van der Waals surface area (Å²) in [6.45, 7) is 6.36. The molecule has 0 aliphatic carbocycles. The molecule has 4 aromatic rings. The number of methoxy groups -OCH3 is 2. The van der Waals surface area contributed by atoms with E-state index in [1.54, 1.807) is 32.4 Å². The summed E-state index contributed by atoms with van der Waals surface area (Å²) in [5.41, 5.74) is 3.84. The number of imidazole rings is 1. The molecule has 7 nitrogen and oxygen atoms in total. The van der Waals surface area contributed by atoms with Crippen LogP contribution in [0.1, 0.15) is 54.4 Å². The zero-order valence-corrected chi connectivity index (χ0v) is 22.7. The van der Waals surface area contributed by atoms with Crippen LogP contribution in [-0.4, -0.2) is 42.8 Å². The number of fused-ring (bicyclic) bond motifs is 1. The molecule has 0 spiro atoms. The van der Waals surface area contributed by atoms with Gasteiger partial charge in [-0.2, -0.15) is 0 Å². The van der Waals surface area contributed by atoms with Crippen LogP contribution >= 0.6 is 0 Å². The molecule has 0 aliphatic heterocycles. The smallest absolute Gasteiger partial charge is 0.251 e. The highest BCUT2D eigenvalue weighted by atomic mass is 16.5. The first-order valence-electron chi connectivity index (χ1n) is 13.2. The number of nitrogens with zero attached hydrogens (tertiary/aromatic N) is 2. The normalized spacial score (nSPS) is 11.1. The Kier molecular flexibility index (Phi) is 9.25. The van der Waals surface area contributed by atoms with Crippen molar-refractivity contribution in [2.45, 2.75) is 45.6 Å². The standard InChI is InChI=1S/C31H37N3O4/c1-22(2)24-11-5-8-14-27(24)38-20-10-9-19-34-26-13-7-6-12-25(26)33-30(34)17-18-32-31(35)23-15-16-28(36-3)29(21-23)37-4/h5-8,11-16,21-22H,9-10,17-20H2,1-4H3,(H,32,35). The number of aromatic nitrogens is 2. The number of rotatable bonds is 13. The molecule has 0 saturated heterocycles. The Hall–Kier alpha value is -4.00. The second-order valence-electron chi connectivity index (χ2n) is 9.49. The molecule has 1 amide bonds. The lowest BCUT2D eigenvalue weighted by molar-refractivity contribution is 0.0953. The zero-order chi connectivity index (χ0) is 26.9. The van der Waals surface area contributed by atoms with Gasteiger partial charge in [0.15, 0.2) is 11.5 Å². The van der Waals surface area contributed by atoms with Gasteiger partial charge in [0.05, 0.1) is 31.9 Å². The van der Waals surface area contributed by atoms with E-state index in [-0.39, 0.29) is 5.91 Å². The average molecular weight is 516 g/mol. The van der Waals surface area contributed by atoms with Crippen LogP contribution in [0.2, 0.25) is 0 Å². The van der Waals surface area contributed by atoms with Gasteiger partial charge in [0.2, 0.25) is 0 Å². The molecule has 200 valence electrons. The predicted octanol–water partition coefficient (Wildman–Crippen LogP) is 6.01. The number of carbonyl (C=O) groups is 1. The lowest BCUT2D eigenvalue weighted by atomic mass is 10.0. The van der Waals surface area contributed by atoms with Crippen molar-refractivity contribution in [1.82, 2.24) is 14.9 Å². The highest BCUT2D eigenvalue weighted by Gasteiger charge is 2.13. The van der Waals surface area contributed by atoms with Crippen LogP contribution in [0.5, 0.6) is 17.2 Å². The minimum atomic E-state index is -0.160. The Labute approximate surface area is 224 Å². The van der Waals surface area contributed by atoms with Gasteiger partial charge in [0, 0.05) is 25.1 Å². The van der Waals surface area contributed by atoms with E-state index in [0.29, 0.717) is 42.6 Å². The number of hydrogen-bond donors (Lipinski definition) is 1. The number of para-hydroxylation sites is 3. The third-order valence-electron chi connectivity index (χ3n) is 6.59. The van der Waals surface area contributed by atoms with Crippen molar-refractivity contribution in [3.05, 3.63) is 83.7 Å². The van der Waals surface area contributed by atoms with Crippen LogP contribution in [0, 0.1) is 0 Å². The summed E-state index contributed by atoms with van der Waals surface area (Å²) < 4.78 is 19.0. The van der Waals surface area contributed by atoms with Crippen molar-refractivity contribution in [2.24, 2.45) is 0 Å². The Balaban J connectivity index is 1.34. The number of carbonyl (C=O) groups excluding carboxylic acids is 1. The molecule has 38 heavy (non-hydrogen) atoms. The number of hydrogen-bond acceptors (Lipinski definition) is 5. The summed E-state index contributed by atoms with van der Waals surface area (Å²) in [6, 6.07) is 21.6. The lowest BCUT2D eigenvalue weighted by Gasteiger charge is -2.14. The van der Waals surface area contributed by atoms with Gasteiger partial charge in [0.1, 0.15) is 11.6 Å². The van der Waals surface area contributed by atoms with E-state index in [4.69, 9.17) is 19.2 Å². The van der Waals surface area contributed by atoms with Crippen LogP contribution in [0.4, 0.5) is 0 Å². The molecule has 0 unspecified atom stereocenters. The maximum absolute atomic E-state index is 12.7. The van der Waals surface area contributed by atoms with Gasteiger partial charge < -0.3 is 24.1 Å². The van der Waals surface area contributed by atoms with Crippen molar-refractivity contribution in [3.8, 4) is 17.2 Å². The zero-order valence-electron chi connectivity index (χ0n) is 22.7. The van der Waals surface area contributed by atoms with E-state index >= 15 is 0 Å². The highest BCUT2D eigenvalue weighted by Crippen LogP contribution is 2.28. The van der Waals surface area contributed by atoms with Crippen molar-refractivity contribution in [1.29, 1.82) is 0 Å². The minimum absolute atomic E-state index is 0.160. The van der Waals surface area contributed by atoms with Crippen LogP contribution < -0.4 is 19.5 Å². The number of unbranched alkanes of at least 4 members (excludes halogenated alkanes) is 1. The van der Waals surface area contributed by atoms with Crippen molar-refractivity contribution >= 4 is 16.9 Å². The SMILES string of the molecule is COc1ccc(C(=O)NCCc2nc3ccccc3n2CCCCOc2ccccc2C(C)C)cc1OC. The van der Waals surface area contributed by atoms with Gasteiger partial charge in [-0.1, -0.05) is 44.2 Å². The molecule has 1 N–H and O–H groups in total. The van der Waals surface area contributed by atoms with E-state index in [2.05, 4.69) is 41.9 Å². The van der Waals surface area contributed by atoms with Crippen LogP contribution in [0.15, 0.2) is 66.7 Å². The number of amides is 1. The summed E-state index contributed by atoms with van der Waals surface area (Å²) in [5, 5.41) is 3.01. The first kappa shape index (κ1) is 27.0. The lowest BCUT2D eigenvalue weighted by Crippen LogP contribution is -2.26. The monoisotopic (exact) mass is 515 g/mol. The predicted molar refractivity (Wildman–Crippen MR) is 151 cm³/mol. The van der Waals surface area contributed by atoms with Gasteiger partial charge in [-0.25, -0.2) is 4.98 Å². The Morgan fingerprint density at radius 3 is 2.47 bits per heavy atom. The second kappa shape index (κ2) is 13.0. The number of benzene rings is 3. The summed E-state index contributed by atoms with van der Waals surface area (Å²) in [5.74, 6) is 3.32. The molecule has 0 atom stereocenters. The van der Waals surface area contributed by atoms with E-state index in [1.807, 2.05) is 30.3 Å². The third-order valence-corrected chi connectivity index (χ3v) is 6.59. The maximum atomic E-state index is 12.7. The summed E-state index contributed by atoms with van der Waals surface area (Å²) in [7, 11) is 3.13. The van der Waals surface area contributed by atoms with E-state index in [1.165, 1.54) is 5.56 Å². The number of nitrogens with one attached hydrogen (secondary N) is 1. The van der Waals surface area contributed by atoms with Gasteiger partial charge in [-0.3, -0.25) is 4.79 Å². The van der Waals surface area contributed by atoms with Gasteiger partial charge in [-0.05, 0) is 60.7 Å². The summed E-state index contributed by atoms with van der Waals surface area (Å²) in [6.07, 6.45) is 2.54. The molecule has 7 heteroatoms. The molecule has 0 bridgehead atoms. The molecule has 0 aliphatic rings. The molecule has 0 radical (unpaired) electrons.